The molecule has 0 atom stereocenters. The summed E-state index contributed by atoms with van der Waals surface area (Å²) in [5.74, 6) is 2.59. The standard InChI is InChI=1S/C8H13N/c1-5-7-8(6-2)9(3)4/h2,7H,5H2,1,3-4H3/b8-7+. The molecular formula is C8H13N. The van der Waals surface area contributed by atoms with Crippen molar-refractivity contribution < 1.29 is 0 Å². The van der Waals surface area contributed by atoms with E-state index in [1.54, 1.807) is 0 Å². The molecule has 0 amide bonds. The van der Waals surface area contributed by atoms with Crippen LogP contribution >= 0.6 is 0 Å². The molecular weight excluding hydrogens is 110 g/mol. The molecule has 0 saturated carbocycles. The molecule has 0 unspecified atom stereocenters. The smallest absolute Gasteiger partial charge is 0.0830 e. The topological polar surface area (TPSA) is 3.24 Å². The van der Waals surface area contributed by atoms with E-state index in [1.165, 1.54) is 0 Å². The minimum atomic E-state index is 0.956. The fourth-order valence-electron chi connectivity index (χ4n) is 0.564. The summed E-state index contributed by atoms with van der Waals surface area (Å²) >= 11 is 0. The second kappa shape index (κ2) is 4.03. The summed E-state index contributed by atoms with van der Waals surface area (Å²) in [5.41, 5.74) is 0.956. The number of rotatable bonds is 2. The van der Waals surface area contributed by atoms with Crippen LogP contribution < -0.4 is 0 Å². The second-order valence-corrected chi connectivity index (χ2v) is 2.04. The quantitative estimate of drug-likeness (QED) is 0.503. The van der Waals surface area contributed by atoms with Gasteiger partial charge in [0.05, 0.1) is 5.70 Å². The minimum Gasteiger partial charge on any atom is -0.371 e. The van der Waals surface area contributed by atoms with Gasteiger partial charge in [0, 0.05) is 14.1 Å². The highest BCUT2D eigenvalue weighted by molar-refractivity contribution is 5.22. The Kier molecular flexibility index (Phi) is 3.62. The van der Waals surface area contributed by atoms with Crippen LogP contribution in [0, 0.1) is 12.3 Å². The minimum absolute atomic E-state index is 0.956. The maximum atomic E-state index is 5.20. The Morgan fingerprint density at radius 2 is 2.22 bits per heavy atom. The van der Waals surface area contributed by atoms with Gasteiger partial charge in [0.2, 0.25) is 0 Å². The lowest BCUT2D eigenvalue weighted by Crippen LogP contribution is -2.08. The van der Waals surface area contributed by atoms with E-state index in [9.17, 15) is 0 Å². The van der Waals surface area contributed by atoms with Gasteiger partial charge in [-0.25, -0.2) is 0 Å². The normalized spacial score (nSPS) is 10.7. The van der Waals surface area contributed by atoms with Gasteiger partial charge in [-0.2, -0.15) is 0 Å². The molecule has 0 aliphatic rings. The first-order valence-electron chi connectivity index (χ1n) is 3.06. The number of hydrogen-bond donors (Lipinski definition) is 0. The molecule has 0 fully saturated rings. The molecule has 50 valence electrons. The van der Waals surface area contributed by atoms with Crippen LogP contribution in [-0.4, -0.2) is 19.0 Å². The fraction of sp³-hybridized carbons (Fsp3) is 0.500. The largest absolute Gasteiger partial charge is 0.371 e. The summed E-state index contributed by atoms with van der Waals surface area (Å²) in [6, 6.07) is 0. The van der Waals surface area contributed by atoms with Gasteiger partial charge in [-0.05, 0) is 6.42 Å². The van der Waals surface area contributed by atoms with Gasteiger partial charge in [-0.15, -0.1) is 6.42 Å². The van der Waals surface area contributed by atoms with Crippen LogP contribution in [0.25, 0.3) is 0 Å². The van der Waals surface area contributed by atoms with E-state index in [-0.39, 0.29) is 0 Å². The zero-order valence-corrected chi connectivity index (χ0v) is 6.31. The number of terminal acetylenes is 1. The summed E-state index contributed by atoms with van der Waals surface area (Å²) in [6.45, 7) is 2.07. The molecule has 0 radical (unpaired) electrons. The third kappa shape index (κ3) is 2.81. The van der Waals surface area contributed by atoms with E-state index in [1.807, 2.05) is 25.1 Å². The Morgan fingerprint density at radius 1 is 1.67 bits per heavy atom. The van der Waals surface area contributed by atoms with Crippen molar-refractivity contribution in [3.8, 4) is 12.3 Å². The summed E-state index contributed by atoms with van der Waals surface area (Å²) in [4.78, 5) is 1.93. The van der Waals surface area contributed by atoms with Crippen molar-refractivity contribution in [2.75, 3.05) is 14.1 Å². The van der Waals surface area contributed by atoms with E-state index in [2.05, 4.69) is 12.8 Å². The maximum Gasteiger partial charge on any atom is 0.0830 e. The molecule has 0 N–H and O–H groups in total. The van der Waals surface area contributed by atoms with Crippen molar-refractivity contribution in [1.82, 2.24) is 4.90 Å². The Balaban J connectivity index is 4.02. The first-order chi connectivity index (χ1) is 4.22. The first kappa shape index (κ1) is 8.10. The molecule has 1 heteroatoms. The van der Waals surface area contributed by atoms with E-state index in [0.29, 0.717) is 0 Å². The summed E-state index contributed by atoms with van der Waals surface area (Å²) in [7, 11) is 3.89. The molecule has 0 aliphatic heterocycles. The molecule has 0 aromatic carbocycles. The van der Waals surface area contributed by atoms with Crippen molar-refractivity contribution in [3.05, 3.63) is 11.8 Å². The molecule has 0 aliphatic carbocycles. The predicted octanol–water partition coefficient (Wildman–Crippen LogP) is 1.48. The lowest BCUT2D eigenvalue weighted by Gasteiger charge is -2.10. The van der Waals surface area contributed by atoms with Crippen molar-refractivity contribution in [2.24, 2.45) is 0 Å². The van der Waals surface area contributed by atoms with Gasteiger partial charge >= 0.3 is 0 Å². The van der Waals surface area contributed by atoms with E-state index < -0.39 is 0 Å². The van der Waals surface area contributed by atoms with Gasteiger partial charge < -0.3 is 4.90 Å². The zero-order valence-electron chi connectivity index (χ0n) is 6.31. The predicted molar refractivity (Wildman–Crippen MR) is 40.9 cm³/mol. The van der Waals surface area contributed by atoms with Crippen LogP contribution in [0.2, 0.25) is 0 Å². The fourth-order valence-corrected chi connectivity index (χ4v) is 0.564. The van der Waals surface area contributed by atoms with Crippen LogP contribution in [0.5, 0.6) is 0 Å². The zero-order chi connectivity index (χ0) is 7.28. The molecule has 0 aromatic heterocycles. The van der Waals surface area contributed by atoms with Crippen molar-refractivity contribution in [2.45, 2.75) is 13.3 Å². The number of nitrogens with zero attached hydrogens (tertiary/aromatic N) is 1. The monoisotopic (exact) mass is 123 g/mol. The molecule has 0 heterocycles. The van der Waals surface area contributed by atoms with Gasteiger partial charge in [0.15, 0.2) is 0 Å². The third-order valence-electron chi connectivity index (χ3n) is 1.03. The average Bonchev–Trinajstić information content (AvgIpc) is 1.82. The lowest BCUT2D eigenvalue weighted by atomic mass is 10.3. The SMILES string of the molecule is C#C/C(=C\CC)N(C)C. The molecule has 0 rings (SSSR count). The second-order valence-electron chi connectivity index (χ2n) is 2.04. The van der Waals surface area contributed by atoms with Crippen LogP contribution in [0.15, 0.2) is 11.8 Å². The average molecular weight is 123 g/mol. The molecule has 0 spiro atoms. The molecule has 9 heavy (non-hydrogen) atoms. The third-order valence-corrected chi connectivity index (χ3v) is 1.03. The van der Waals surface area contributed by atoms with Crippen molar-refractivity contribution >= 4 is 0 Å². The number of hydrogen-bond acceptors (Lipinski definition) is 1. The molecule has 0 bridgehead atoms. The van der Waals surface area contributed by atoms with E-state index in [0.717, 1.165) is 12.1 Å². The Bertz CT molecular complexity index is 137. The van der Waals surface area contributed by atoms with Gasteiger partial charge in [-0.3, -0.25) is 0 Å². The van der Waals surface area contributed by atoms with Crippen LogP contribution in [0.4, 0.5) is 0 Å². The molecule has 0 aromatic rings. The van der Waals surface area contributed by atoms with Crippen LogP contribution in [0.1, 0.15) is 13.3 Å². The Hall–Kier alpha value is -0.900. The van der Waals surface area contributed by atoms with Crippen molar-refractivity contribution in [1.29, 1.82) is 0 Å². The first-order valence-corrected chi connectivity index (χ1v) is 3.06. The highest BCUT2D eigenvalue weighted by Crippen LogP contribution is 1.96. The highest BCUT2D eigenvalue weighted by atomic mass is 15.1. The van der Waals surface area contributed by atoms with Gasteiger partial charge in [-0.1, -0.05) is 18.9 Å². The summed E-state index contributed by atoms with van der Waals surface area (Å²) in [5, 5.41) is 0. The van der Waals surface area contributed by atoms with Crippen LogP contribution in [0.3, 0.4) is 0 Å². The van der Waals surface area contributed by atoms with Gasteiger partial charge in [0.25, 0.3) is 0 Å². The molecule has 0 saturated heterocycles. The van der Waals surface area contributed by atoms with Crippen LogP contribution in [-0.2, 0) is 0 Å². The summed E-state index contributed by atoms with van der Waals surface area (Å²) < 4.78 is 0. The Morgan fingerprint density at radius 3 is 2.33 bits per heavy atom. The highest BCUT2D eigenvalue weighted by Gasteiger charge is 1.89. The van der Waals surface area contributed by atoms with E-state index >= 15 is 0 Å². The lowest BCUT2D eigenvalue weighted by molar-refractivity contribution is 0.532. The van der Waals surface area contributed by atoms with Crippen molar-refractivity contribution in [3.63, 3.8) is 0 Å². The van der Waals surface area contributed by atoms with Gasteiger partial charge in [0.1, 0.15) is 0 Å². The van der Waals surface area contributed by atoms with E-state index in [4.69, 9.17) is 6.42 Å². The number of allylic oxidation sites excluding steroid dienone is 2. The summed E-state index contributed by atoms with van der Waals surface area (Å²) in [6.07, 6.45) is 8.23. The molecule has 1 nitrogen and oxygen atoms in total. The maximum absolute atomic E-state index is 5.20. The Labute approximate surface area is 57.4 Å².